The van der Waals surface area contributed by atoms with Crippen LogP contribution in [-0.4, -0.2) is 43.1 Å². The van der Waals surface area contributed by atoms with Crippen LogP contribution in [0.4, 0.5) is 0 Å². The summed E-state index contributed by atoms with van der Waals surface area (Å²) in [5, 5.41) is 3.53. The van der Waals surface area contributed by atoms with Gasteiger partial charge >= 0.3 is 0 Å². The first-order valence-electron chi connectivity index (χ1n) is 7.66. The largest absolute Gasteiger partial charge is 0.313 e. The molecule has 1 heterocycles. The van der Waals surface area contributed by atoms with Gasteiger partial charge < -0.3 is 10.2 Å². The second-order valence-corrected chi connectivity index (χ2v) is 7.59. The van der Waals surface area contributed by atoms with E-state index in [1.54, 1.807) is 0 Å². The van der Waals surface area contributed by atoms with E-state index >= 15 is 0 Å². The molecule has 0 bridgehead atoms. The number of rotatable bonds is 5. The Kier molecular flexibility index (Phi) is 5.94. The van der Waals surface area contributed by atoms with Gasteiger partial charge in [-0.05, 0) is 36.7 Å². The number of thioether (sulfide) groups is 1. The number of benzene rings is 1. The topological polar surface area (TPSA) is 15.3 Å². The van der Waals surface area contributed by atoms with Gasteiger partial charge in [-0.3, -0.25) is 0 Å². The fourth-order valence-corrected chi connectivity index (χ4v) is 4.20. The Hall–Kier alpha value is -0.510. The fourth-order valence-electron chi connectivity index (χ4n) is 3.28. The zero-order valence-electron chi connectivity index (χ0n) is 13.1. The number of nitrogens with zero attached hydrogens (tertiary/aromatic N) is 1. The summed E-state index contributed by atoms with van der Waals surface area (Å²) in [6.07, 6.45) is 1.33. The van der Waals surface area contributed by atoms with E-state index < -0.39 is 0 Å². The van der Waals surface area contributed by atoms with Gasteiger partial charge in [-0.25, -0.2) is 0 Å². The third-order valence-corrected chi connectivity index (χ3v) is 5.20. The van der Waals surface area contributed by atoms with Gasteiger partial charge in [-0.2, -0.15) is 11.8 Å². The smallest absolute Gasteiger partial charge is 0.0381 e. The molecule has 0 aromatic heterocycles. The molecule has 2 rings (SSSR count). The van der Waals surface area contributed by atoms with Gasteiger partial charge in [0.05, 0.1) is 0 Å². The highest BCUT2D eigenvalue weighted by molar-refractivity contribution is 7.99. The van der Waals surface area contributed by atoms with Crippen LogP contribution in [0.15, 0.2) is 30.3 Å². The van der Waals surface area contributed by atoms with E-state index in [0.717, 1.165) is 6.54 Å². The molecule has 0 spiro atoms. The summed E-state index contributed by atoms with van der Waals surface area (Å²) >= 11 is 2.10. The van der Waals surface area contributed by atoms with E-state index in [-0.39, 0.29) is 5.41 Å². The number of hydrogen-bond acceptors (Lipinski definition) is 3. The second-order valence-electron chi connectivity index (χ2n) is 6.36. The molecule has 20 heavy (non-hydrogen) atoms. The second kappa shape index (κ2) is 7.48. The summed E-state index contributed by atoms with van der Waals surface area (Å²) in [5.41, 5.74) is 1.62. The Bertz CT molecular complexity index is 383. The fraction of sp³-hybridized carbons (Fsp3) is 0.647. The minimum Gasteiger partial charge on any atom is -0.313 e. The Labute approximate surface area is 128 Å². The first-order valence-corrected chi connectivity index (χ1v) is 8.81. The number of hydrogen-bond donors (Lipinski definition) is 1. The third kappa shape index (κ3) is 4.24. The van der Waals surface area contributed by atoms with Crippen molar-refractivity contribution in [1.29, 1.82) is 0 Å². The van der Waals surface area contributed by atoms with E-state index in [1.807, 2.05) is 0 Å². The first kappa shape index (κ1) is 15.9. The minimum atomic E-state index is 0.227. The summed E-state index contributed by atoms with van der Waals surface area (Å²) in [6.45, 7) is 8.42. The van der Waals surface area contributed by atoms with Crippen molar-refractivity contribution in [3.05, 3.63) is 35.9 Å². The molecular weight excluding hydrogens is 264 g/mol. The molecule has 2 nitrogen and oxygen atoms in total. The highest BCUT2D eigenvalue weighted by Gasteiger charge is 2.31. The Balaban J connectivity index is 2.06. The maximum absolute atomic E-state index is 3.53. The Morgan fingerprint density at radius 2 is 1.95 bits per heavy atom. The van der Waals surface area contributed by atoms with Gasteiger partial charge in [0.1, 0.15) is 0 Å². The predicted octanol–water partition coefficient (Wildman–Crippen LogP) is 3.41. The highest BCUT2D eigenvalue weighted by Crippen LogP contribution is 2.34. The summed E-state index contributed by atoms with van der Waals surface area (Å²) in [7, 11) is 2.08. The molecule has 0 amide bonds. The molecular formula is C17H28N2S. The summed E-state index contributed by atoms with van der Waals surface area (Å²) < 4.78 is 0. The predicted molar refractivity (Wildman–Crippen MR) is 90.4 cm³/mol. The zero-order chi connectivity index (χ0) is 14.4. The van der Waals surface area contributed by atoms with Crippen LogP contribution in [-0.2, 0) is 0 Å². The average molecular weight is 292 g/mol. The molecule has 1 fully saturated rings. The van der Waals surface area contributed by atoms with Crippen LogP contribution in [0.1, 0.15) is 31.9 Å². The Morgan fingerprint density at radius 3 is 2.65 bits per heavy atom. The highest BCUT2D eigenvalue weighted by atomic mass is 32.2. The summed E-state index contributed by atoms with van der Waals surface area (Å²) in [5.74, 6) is 2.61. The van der Waals surface area contributed by atoms with Gasteiger partial charge in [0, 0.05) is 24.9 Å². The van der Waals surface area contributed by atoms with E-state index in [4.69, 9.17) is 0 Å². The van der Waals surface area contributed by atoms with E-state index in [0.29, 0.717) is 6.04 Å². The normalized spacial score (nSPS) is 19.6. The van der Waals surface area contributed by atoms with Crippen molar-refractivity contribution < 1.29 is 0 Å². The van der Waals surface area contributed by atoms with Crippen LogP contribution in [0, 0.1) is 5.41 Å². The zero-order valence-corrected chi connectivity index (χ0v) is 13.9. The van der Waals surface area contributed by atoms with Crippen molar-refractivity contribution in [2.24, 2.45) is 5.41 Å². The van der Waals surface area contributed by atoms with Gasteiger partial charge in [0.2, 0.25) is 0 Å². The lowest BCUT2D eigenvalue weighted by Gasteiger charge is -2.38. The van der Waals surface area contributed by atoms with Crippen LogP contribution < -0.4 is 5.32 Å². The summed E-state index contributed by atoms with van der Waals surface area (Å²) in [4.78, 5) is 2.65. The van der Waals surface area contributed by atoms with Crippen molar-refractivity contribution in [3.63, 3.8) is 0 Å². The average Bonchev–Trinajstić information content (AvgIpc) is 2.68. The van der Waals surface area contributed by atoms with Crippen LogP contribution in [0.5, 0.6) is 0 Å². The van der Waals surface area contributed by atoms with Crippen LogP contribution in [0.3, 0.4) is 0 Å². The van der Waals surface area contributed by atoms with Crippen LogP contribution in [0.2, 0.25) is 0 Å². The molecule has 112 valence electrons. The Morgan fingerprint density at radius 1 is 1.20 bits per heavy atom. The lowest BCUT2D eigenvalue weighted by Crippen LogP contribution is -2.42. The SMILES string of the molecule is CNC(c1ccccc1)C(C)(C)CN1CCCSCC1. The molecule has 0 saturated carbocycles. The van der Waals surface area contributed by atoms with Crippen molar-refractivity contribution in [2.75, 3.05) is 38.2 Å². The molecule has 1 saturated heterocycles. The molecule has 1 aliphatic rings. The standard InChI is InChI=1S/C17H28N2S/c1-17(2,14-19-10-7-12-20-13-11-19)16(18-3)15-8-5-4-6-9-15/h4-6,8-9,16,18H,7,10-14H2,1-3H3. The quantitative estimate of drug-likeness (QED) is 0.895. The molecule has 1 aromatic carbocycles. The van der Waals surface area contributed by atoms with Gasteiger partial charge in [0.25, 0.3) is 0 Å². The maximum Gasteiger partial charge on any atom is 0.0381 e. The first-order chi connectivity index (χ1) is 9.63. The minimum absolute atomic E-state index is 0.227. The van der Waals surface area contributed by atoms with E-state index in [9.17, 15) is 0 Å². The molecule has 1 N–H and O–H groups in total. The monoisotopic (exact) mass is 292 g/mol. The molecule has 3 heteroatoms. The van der Waals surface area contributed by atoms with Crippen molar-refractivity contribution in [3.8, 4) is 0 Å². The van der Waals surface area contributed by atoms with Crippen molar-refractivity contribution in [1.82, 2.24) is 10.2 Å². The van der Waals surface area contributed by atoms with Gasteiger partial charge in [-0.1, -0.05) is 44.2 Å². The molecule has 1 unspecified atom stereocenters. The molecule has 1 atom stereocenters. The lowest BCUT2D eigenvalue weighted by atomic mass is 9.80. The van der Waals surface area contributed by atoms with Crippen LogP contribution >= 0.6 is 11.8 Å². The van der Waals surface area contributed by atoms with Gasteiger partial charge in [-0.15, -0.1) is 0 Å². The molecule has 0 aliphatic carbocycles. The van der Waals surface area contributed by atoms with Crippen LogP contribution in [0.25, 0.3) is 0 Å². The number of nitrogens with one attached hydrogen (secondary N) is 1. The molecule has 1 aromatic rings. The maximum atomic E-state index is 3.53. The van der Waals surface area contributed by atoms with E-state index in [1.165, 1.54) is 36.6 Å². The van der Waals surface area contributed by atoms with Crippen molar-refractivity contribution in [2.45, 2.75) is 26.3 Å². The lowest BCUT2D eigenvalue weighted by molar-refractivity contribution is 0.146. The van der Waals surface area contributed by atoms with Gasteiger partial charge in [0.15, 0.2) is 0 Å². The van der Waals surface area contributed by atoms with E-state index in [2.05, 4.69) is 73.2 Å². The molecule has 1 aliphatic heterocycles. The molecule has 0 radical (unpaired) electrons. The third-order valence-electron chi connectivity index (χ3n) is 4.15. The summed E-state index contributed by atoms with van der Waals surface area (Å²) in [6, 6.07) is 11.2. The van der Waals surface area contributed by atoms with Crippen molar-refractivity contribution >= 4 is 11.8 Å².